The lowest BCUT2D eigenvalue weighted by atomic mass is 10.1. The van der Waals surface area contributed by atoms with Gasteiger partial charge in [-0.05, 0) is 37.5 Å². The van der Waals surface area contributed by atoms with Crippen molar-refractivity contribution >= 4 is 61.8 Å². The van der Waals surface area contributed by atoms with E-state index in [-0.39, 0.29) is 11.7 Å². The average Bonchev–Trinajstić information content (AvgIpc) is 3.18. The number of rotatable bonds is 6. The summed E-state index contributed by atoms with van der Waals surface area (Å²) in [7, 11) is 1.55. The second-order valence-electron chi connectivity index (χ2n) is 6.56. The fourth-order valence-corrected chi connectivity index (χ4v) is 5.26. The van der Waals surface area contributed by atoms with Crippen molar-refractivity contribution in [3.05, 3.63) is 29.5 Å². The molecule has 29 heavy (non-hydrogen) atoms. The Bertz CT molecular complexity index is 1020. The third-order valence-electron chi connectivity index (χ3n) is 4.55. The Morgan fingerprint density at radius 1 is 1.31 bits per heavy atom. The summed E-state index contributed by atoms with van der Waals surface area (Å²) >= 11 is 8.99. The van der Waals surface area contributed by atoms with Crippen LogP contribution in [0.1, 0.15) is 19.3 Å². The zero-order valence-electron chi connectivity index (χ0n) is 15.9. The largest absolute Gasteiger partial charge is 0.495 e. The highest BCUT2D eigenvalue weighted by Gasteiger charge is 2.18. The van der Waals surface area contributed by atoms with E-state index in [4.69, 9.17) is 16.3 Å². The molecule has 152 valence electrons. The molecule has 3 aromatic rings. The predicted molar refractivity (Wildman–Crippen MR) is 119 cm³/mol. The van der Waals surface area contributed by atoms with E-state index in [9.17, 15) is 4.79 Å². The third kappa shape index (κ3) is 4.73. The average molecular weight is 450 g/mol. The van der Waals surface area contributed by atoms with E-state index < -0.39 is 0 Å². The minimum Gasteiger partial charge on any atom is -0.495 e. The Hall–Kier alpha value is -2.10. The Morgan fingerprint density at radius 2 is 2.14 bits per heavy atom. The number of fused-ring (bicyclic) bond motifs is 1. The summed E-state index contributed by atoms with van der Waals surface area (Å²) in [5.74, 6) is 0.604. The summed E-state index contributed by atoms with van der Waals surface area (Å²) in [5.41, 5.74) is 1.23. The van der Waals surface area contributed by atoms with E-state index in [2.05, 4.69) is 25.2 Å². The van der Waals surface area contributed by atoms with Crippen molar-refractivity contribution in [1.29, 1.82) is 0 Å². The summed E-state index contributed by atoms with van der Waals surface area (Å²) in [6.07, 6.45) is 5.16. The Kier molecular flexibility index (Phi) is 6.37. The molecule has 4 rings (SSSR count). The van der Waals surface area contributed by atoms with E-state index in [1.54, 1.807) is 36.6 Å². The standard InChI is InChI=1S/C19H20ClN5O2S2/c1-27-14-6-5-12(20)9-13(14)23-15(26)10-28-18-16-17(21-11-22-18)24-19(29-16)25-7-3-2-4-8-25/h5-6,9,11H,2-4,7-8,10H2,1H3,(H,23,26). The van der Waals surface area contributed by atoms with Gasteiger partial charge in [-0.15, -0.1) is 0 Å². The molecule has 0 aliphatic carbocycles. The summed E-state index contributed by atoms with van der Waals surface area (Å²) < 4.78 is 6.19. The maximum absolute atomic E-state index is 12.5. The minimum atomic E-state index is -0.164. The van der Waals surface area contributed by atoms with E-state index in [1.807, 2.05) is 0 Å². The number of hydrogen-bond acceptors (Lipinski definition) is 8. The molecule has 2 aromatic heterocycles. The first-order valence-electron chi connectivity index (χ1n) is 9.27. The molecule has 0 saturated carbocycles. The number of anilines is 2. The second kappa shape index (κ2) is 9.15. The molecule has 1 saturated heterocycles. The number of thioether (sulfide) groups is 1. The van der Waals surface area contributed by atoms with Gasteiger partial charge >= 0.3 is 0 Å². The van der Waals surface area contributed by atoms with E-state index >= 15 is 0 Å². The number of piperidine rings is 1. The fraction of sp³-hybridized carbons (Fsp3) is 0.368. The first kappa shape index (κ1) is 20.2. The molecule has 10 heteroatoms. The first-order valence-corrected chi connectivity index (χ1v) is 11.4. The highest BCUT2D eigenvalue weighted by Crippen LogP contribution is 2.35. The smallest absolute Gasteiger partial charge is 0.234 e. The quantitative estimate of drug-likeness (QED) is 0.439. The van der Waals surface area contributed by atoms with Crippen molar-refractivity contribution < 1.29 is 9.53 Å². The number of nitrogens with one attached hydrogen (secondary N) is 1. The van der Waals surface area contributed by atoms with Gasteiger partial charge in [0.05, 0.1) is 18.6 Å². The highest BCUT2D eigenvalue weighted by molar-refractivity contribution is 8.00. The minimum absolute atomic E-state index is 0.164. The molecular weight excluding hydrogens is 430 g/mol. The molecule has 0 spiro atoms. The Balaban J connectivity index is 1.46. The van der Waals surface area contributed by atoms with Gasteiger partial charge in [-0.2, -0.15) is 4.98 Å². The molecule has 0 radical (unpaired) electrons. The number of nitrogens with zero attached hydrogens (tertiary/aromatic N) is 4. The molecule has 1 aromatic carbocycles. The number of benzene rings is 1. The molecule has 1 amide bonds. The van der Waals surface area contributed by atoms with Crippen LogP contribution in [0.15, 0.2) is 29.6 Å². The van der Waals surface area contributed by atoms with Gasteiger partial charge in [-0.1, -0.05) is 34.7 Å². The predicted octanol–water partition coefficient (Wildman–Crippen LogP) is 4.47. The summed E-state index contributed by atoms with van der Waals surface area (Å²) in [6.45, 7) is 2.05. The van der Waals surface area contributed by atoms with Crippen LogP contribution in [0.3, 0.4) is 0 Å². The molecule has 1 N–H and O–H groups in total. The molecule has 1 aliphatic rings. The molecular formula is C19H20ClN5O2S2. The van der Waals surface area contributed by atoms with Crippen molar-refractivity contribution in [2.24, 2.45) is 0 Å². The number of hydrogen-bond donors (Lipinski definition) is 1. The maximum Gasteiger partial charge on any atom is 0.234 e. The molecule has 1 fully saturated rings. The van der Waals surface area contributed by atoms with Gasteiger partial charge in [0.25, 0.3) is 0 Å². The van der Waals surface area contributed by atoms with Crippen molar-refractivity contribution in [2.75, 3.05) is 36.2 Å². The molecule has 0 bridgehead atoms. The molecule has 1 aliphatic heterocycles. The van der Waals surface area contributed by atoms with Crippen molar-refractivity contribution in [1.82, 2.24) is 15.0 Å². The lowest BCUT2D eigenvalue weighted by molar-refractivity contribution is -0.113. The SMILES string of the molecule is COc1ccc(Cl)cc1NC(=O)CSc1ncnc2nc(N3CCCCC3)sc12. The number of amides is 1. The molecule has 7 nitrogen and oxygen atoms in total. The van der Waals surface area contributed by atoms with Crippen LogP contribution in [0.2, 0.25) is 5.02 Å². The van der Waals surface area contributed by atoms with Crippen LogP contribution in [0.25, 0.3) is 10.3 Å². The Labute approximate surface area is 181 Å². The van der Waals surface area contributed by atoms with E-state index in [1.165, 1.54) is 37.4 Å². The summed E-state index contributed by atoms with van der Waals surface area (Å²) in [5, 5.41) is 5.12. The number of ether oxygens (including phenoxy) is 1. The van der Waals surface area contributed by atoms with E-state index in [0.717, 1.165) is 27.9 Å². The van der Waals surface area contributed by atoms with Crippen LogP contribution in [-0.4, -0.2) is 46.8 Å². The van der Waals surface area contributed by atoms with Gasteiger partial charge in [0.1, 0.15) is 21.8 Å². The van der Waals surface area contributed by atoms with Crippen LogP contribution >= 0.6 is 34.7 Å². The highest BCUT2D eigenvalue weighted by atomic mass is 35.5. The zero-order chi connectivity index (χ0) is 20.2. The first-order chi connectivity index (χ1) is 14.1. The summed E-state index contributed by atoms with van der Waals surface area (Å²) in [4.78, 5) is 28.1. The van der Waals surface area contributed by atoms with E-state index in [0.29, 0.717) is 22.1 Å². The molecule has 0 unspecified atom stereocenters. The number of carbonyl (C=O) groups excluding carboxylic acids is 1. The van der Waals surface area contributed by atoms with Gasteiger partial charge in [-0.3, -0.25) is 4.79 Å². The monoisotopic (exact) mass is 449 g/mol. The van der Waals surface area contributed by atoms with Gasteiger partial charge in [-0.25, -0.2) is 9.97 Å². The lowest BCUT2D eigenvalue weighted by Crippen LogP contribution is -2.29. The van der Waals surface area contributed by atoms with Crippen LogP contribution in [0.5, 0.6) is 5.75 Å². The number of thiazole rings is 1. The van der Waals surface area contributed by atoms with Gasteiger partial charge in [0.2, 0.25) is 5.91 Å². The topological polar surface area (TPSA) is 80.2 Å². The van der Waals surface area contributed by atoms with Crippen molar-refractivity contribution in [3.8, 4) is 5.75 Å². The Morgan fingerprint density at radius 3 is 2.93 bits per heavy atom. The van der Waals surface area contributed by atoms with Crippen LogP contribution in [0, 0.1) is 0 Å². The van der Waals surface area contributed by atoms with Gasteiger partial charge < -0.3 is 15.0 Å². The maximum atomic E-state index is 12.5. The summed E-state index contributed by atoms with van der Waals surface area (Å²) in [6, 6.07) is 5.10. The van der Waals surface area contributed by atoms with Crippen molar-refractivity contribution in [2.45, 2.75) is 24.3 Å². The zero-order valence-corrected chi connectivity index (χ0v) is 18.2. The third-order valence-corrected chi connectivity index (χ3v) is 7.02. The van der Waals surface area contributed by atoms with Crippen LogP contribution in [-0.2, 0) is 4.79 Å². The number of aromatic nitrogens is 3. The normalized spacial score (nSPS) is 14.2. The number of methoxy groups -OCH3 is 1. The number of halogens is 1. The lowest BCUT2D eigenvalue weighted by Gasteiger charge is -2.25. The van der Waals surface area contributed by atoms with Crippen LogP contribution < -0.4 is 15.0 Å². The molecule has 0 atom stereocenters. The fourth-order valence-electron chi connectivity index (χ4n) is 3.14. The van der Waals surface area contributed by atoms with Crippen molar-refractivity contribution in [3.63, 3.8) is 0 Å². The number of carbonyl (C=O) groups is 1. The second-order valence-corrected chi connectivity index (χ2v) is 8.94. The van der Waals surface area contributed by atoms with Gasteiger partial charge in [0, 0.05) is 18.1 Å². The van der Waals surface area contributed by atoms with Crippen LogP contribution in [0.4, 0.5) is 10.8 Å². The van der Waals surface area contributed by atoms with Gasteiger partial charge in [0.15, 0.2) is 10.8 Å². The molecule has 3 heterocycles.